The minimum absolute atomic E-state index is 0.0820. The third kappa shape index (κ3) is 2.58. The monoisotopic (exact) mass is 281 g/mol. The average molecular weight is 281 g/mol. The topological polar surface area (TPSA) is 57.8 Å². The van der Waals surface area contributed by atoms with Gasteiger partial charge in [0.2, 0.25) is 0 Å². The third-order valence-corrected chi connectivity index (χ3v) is 3.07. The van der Waals surface area contributed by atoms with Crippen molar-refractivity contribution in [2.75, 3.05) is 0 Å². The van der Waals surface area contributed by atoms with Crippen LogP contribution in [0.5, 0.6) is 5.75 Å². The van der Waals surface area contributed by atoms with Gasteiger partial charge in [0.25, 0.3) is 0 Å². The molecule has 0 atom stereocenters. The fourth-order valence-electron chi connectivity index (χ4n) is 2.01. The van der Waals surface area contributed by atoms with Crippen molar-refractivity contribution in [2.24, 2.45) is 10.2 Å². The molecule has 1 aromatic heterocycles. The van der Waals surface area contributed by atoms with Crippen molar-refractivity contribution in [3.63, 3.8) is 0 Å². The van der Waals surface area contributed by atoms with Crippen molar-refractivity contribution in [1.29, 1.82) is 0 Å². The number of aromatic hydroxyl groups is 1. The van der Waals surface area contributed by atoms with E-state index in [0.717, 1.165) is 5.69 Å². The van der Waals surface area contributed by atoms with Gasteiger partial charge in [0.1, 0.15) is 17.0 Å². The molecular weight excluding hydrogens is 269 g/mol. The normalized spacial score (nSPS) is 11.3. The van der Waals surface area contributed by atoms with E-state index < -0.39 is 5.82 Å². The van der Waals surface area contributed by atoms with E-state index in [1.54, 1.807) is 24.3 Å². The molecule has 2 aromatic carbocycles. The number of pyridine rings is 1. The fourth-order valence-corrected chi connectivity index (χ4v) is 2.01. The van der Waals surface area contributed by atoms with E-state index in [4.69, 9.17) is 0 Å². The van der Waals surface area contributed by atoms with Crippen molar-refractivity contribution in [3.05, 3.63) is 60.0 Å². The average Bonchev–Trinajstić information content (AvgIpc) is 2.48. The van der Waals surface area contributed by atoms with Crippen molar-refractivity contribution in [2.45, 2.75) is 6.92 Å². The van der Waals surface area contributed by atoms with Crippen LogP contribution < -0.4 is 0 Å². The third-order valence-electron chi connectivity index (χ3n) is 3.07. The molecule has 5 heteroatoms. The molecule has 3 aromatic rings. The highest BCUT2D eigenvalue weighted by atomic mass is 19.1. The minimum Gasteiger partial charge on any atom is -0.506 e. The molecule has 104 valence electrons. The Kier molecular flexibility index (Phi) is 3.31. The number of hydrogen-bond acceptors (Lipinski definition) is 4. The van der Waals surface area contributed by atoms with Gasteiger partial charge in [-0.05, 0) is 43.3 Å². The molecule has 1 heterocycles. The molecule has 0 unspecified atom stereocenters. The summed E-state index contributed by atoms with van der Waals surface area (Å²) in [5, 5.41) is 18.5. The smallest absolute Gasteiger partial charge is 0.150 e. The highest BCUT2D eigenvalue weighted by molar-refractivity contribution is 5.93. The van der Waals surface area contributed by atoms with Gasteiger partial charge >= 0.3 is 0 Å². The zero-order valence-corrected chi connectivity index (χ0v) is 11.3. The predicted octanol–water partition coefficient (Wildman–Crippen LogP) is 4.80. The van der Waals surface area contributed by atoms with Crippen molar-refractivity contribution < 1.29 is 9.50 Å². The summed E-state index contributed by atoms with van der Waals surface area (Å²) in [6, 6.07) is 12.9. The van der Waals surface area contributed by atoms with Crippen LogP contribution in [0.15, 0.2) is 58.8 Å². The van der Waals surface area contributed by atoms with Crippen molar-refractivity contribution in [1.82, 2.24) is 4.98 Å². The minimum atomic E-state index is -0.432. The Morgan fingerprint density at radius 2 is 1.71 bits per heavy atom. The first-order valence-corrected chi connectivity index (χ1v) is 6.41. The lowest BCUT2D eigenvalue weighted by atomic mass is 10.1. The number of fused-ring (bicyclic) bond motifs is 1. The van der Waals surface area contributed by atoms with Gasteiger partial charge in [0.15, 0.2) is 5.82 Å². The second-order valence-corrected chi connectivity index (χ2v) is 4.60. The fraction of sp³-hybridized carbons (Fsp3) is 0.0625. The van der Waals surface area contributed by atoms with Gasteiger partial charge < -0.3 is 5.11 Å². The number of halogens is 1. The summed E-state index contributed by atoms with van der Waals surface area (Å²) in [6.45, 7) is 1.84. The molecule has 0 spiro atoms. The first-order chi connectivity index (χ1) is 10.1. The first kappa shape index (κ1) is 13.2. The molecule has 1 N–H and O–H groups in total. The molecule has 0 saturated heterocycles. The number of phenols is 1. The molecular formula is C16H12FN3O. The molecule has 0 bridgehead atoms. The number of phenolic OH excluding ortho intramolecular Hbond substituents is 1. The summed E-state index contributed by atoms with van der Waals surface area (Å²) < 4.78 is 13.5. The maximum absolute atomic E-state index is 13.5. The van der Waals surface area contributed by atoms with Crippen LogP contribution in [0.3, 0.4) is 0 Å². The molecule has 0 saturated carbocycles. The van der Waals surface area contributed by atoms with Gasteiger partial charge in [-0.3, -0.25) is 0 Å². The molecule has 4 nitrogen and oxygen atoms in total. The van der Waals surface area contributed by atoms with Crippen LogP contribution in [0.25, 0.3) is 10.9 Å². The molecule has 0 aliphatic heterocycles. The number of nitrogens with zero attached hydrogens (tertiary/aromatic N) is 3. The van der Waals surface area contributed by atoms with Gasteiger partial charge in [-0.25, -0.2) is 9.37 Å². The number of benzene rings is 2. The van der Waals surface area contributed by atoms with Crippen molar-refractivity contribution in [3.8, 4) is 5.75 Å². The van der Waals surface area contributed by atoms with Gasteiger partial charge in [-0.2, -0.15) is 0 Å². The zero-order chi connectivity index (χ0) is 14.8. The van der Waals surface area contributed by atoms with Gasteiger partial charge in [0, 0.05) is 11.1 Å². The Labute approximate surface area is 120 Å². The van der Waals surface area contributed by atoms with E-state index in [2.05, 4.69) is 15.2 Å². The standard InChI is InChI=1S/C16H12FN3O/c1-10-6-7-11-13(8-9-15(21)16(11)18-10)19-20-14-5-3-2-4-12(14)17/h2-9,21H,1H3. The maximum atomic E-state index is 13.5. The summed E-state index contributed by atoms with van der Waals surface area (Å²) in [7, 11) is 0. The molecule has 0 aliphatic carbocycles. The summed E-state index contributed by atoms with van der Waals surface area (Å²) >= 11 is 0. The van der Waals surface area contributed by atoms with E-state index in [9.17, 15) is 9.50 Å². The molecule has 0 aliphatic rings. The SMILES string of the molecule is Cc1ccc2c(N=Nc3ccccc3F)ccc(O)c2n1. The highest BCUT2D eigenvalue weighted by Gasteiger charge is 2.07. The Morgan fingerprint density at radius 3 is 2.52 bits per heavy atom. The van der Waals surface area contributed by atoms with Crippen LogP contribution >= 0.6 is 0 Å². The Bertz CT molecular complexity index is 846. The van der Waals surface area contributed by atoms with Gasteiger partial charge in [-0.1, -0.05) is 12.1 Å². The Balaban J connectivity index is 2.10. The van der Waals surface area contributed by atoms with Crippen LogP contribution in [-0.4, -0.2) is 10.1 Å². The lowest BCUT2D eigenvalue weighted by Crippen LogP contribution is -1.84. The highest BCUT2D eigenvalue weighted by Crippen LogP contribution is 2.32. The van der Waals surface area contributed by atoms with E-state index in [-0.39, 0.29) is 11.4 Å². The summed E-state index contributed by atoms with van der Waals surface area (Å²) in [4.78, 5) is 4.28. The van der Waals surface area contributed by atoms with Gasteiger partial charge in [0.05, 0.1) is 5.69 Å². The summed E-state index contributed by atoms with van der Waals surface area (Å²) in [5.41, 5.74) is 1.94. The number of hydrogen-bond donors (Lipinski definition) is 1. The van der Waals surface area contributed by atoms with Crippen LogP contribution in [0, 0.1) is 12.7 Å². The predicted molar refractivity (Wildman–Crippen MR) is 78.7 cm³/mol. The summed E-state index contributed by atoms with van der Waals surface area (Å²) in [5.74, 6) is -0.350. The summed E-state index contributed by atoms with van der Waals surface area (Å²) in [6.07, 6.45) is 0. The molecule has 0 fully saturated rings. The lowest BCUT2D eigenvalue weighted by Gasteiger charge is -2.04. The molecule has 3 rings (SSSR count). The van der Waals surface area contributed by atoms with E-state index in [1.807, 2.05) is 19.1 Å². The number of aryl methyl sites for hydroxylation is 1. The lowest BCUT2D eigenvalue weighted by molar-refractivity contribution is 0.480. The number of aromatic nitrogens is 1. The van der Waals surface area contributed by atoms with E-state index in [1.165, 1.54) is 12.1 Å². The first-order valence-electron chi connectivity index (χ1n) is 6.41. The van der Waals surface area contributed by atoms with E-state index >= 15 is 0 Å². The van der Waals surface area contributed by atoms with Crippen LogP contribution in [0.1, 0.15) is 5.69 Å². The Hall–Kier alpha value is -2.82. The number of rotatable bonds is 2. The van der Waals surface area contributed by atoms with E-state index in [0.29, 0.717) is 16.6 Å². The second kappa shape index (κ2) is 5.28. The van der Waals surface area contributed by atoms with Crippen LogP contribution in [0.4, 0.5) is 15.8 Å². The second-order valence-electron chi connectivity index (χ2n) is 4.60. The quantitative estimate of drug-likeness (QED) is 0.686. The maximum Gasteiger partial charge on any atom is 0.150 e. The molecule has 21 heavy (non-hydrogen) atoms. The van der Waals surface area contributed by atoms with Crippen LogP contribution in [-0.2, 0) is 0 Å². The Morgan fingerprint density at radius 1 is 0.952 bits per heavy atom. The molecule has 0 radical (unpaired) electrons. The largest absolute Gasteiger partial charge is 0.506 e. The zero-order valence-electron chi connectivity index (χ0n) is 11.3. The van der Waals surface area contributed by atoms with Crippen LogP contribution in [0.2, 0.25) is 0 Å². The molecule has 0 amide bonds. The van der Waals surface area contributed by atoms with Gasteiger partial charge in [-0.15, -0.1) is 10.2 Å². The van der Waals surface area contributed by atoms with Crippen molar-refractivity contribution >= 4 is 22.3 Å². The number of azo groups is 1.